The number of hydrogen-bond donors (Lipinski definition) is 1. The van der Waals surface area contributed by atoms with Crippen molar-refractivity contribution in [2.24, 2.45) is 0 Å². The molecule has 0 spiro atoms. The van der Waals surface area contributed by atoms with Crippen molar-refractivity contribution in [2.75, 3.05) is 25.1 Å². The molecule has 1 aromatic carbocycles. The third-order valence-corrected chi connectivity index (χ3v) is 3.94. The van der Waals surface area contributed by atoms with Gasteiger partial charge in [-0.2, -0.15) is 0 Å². The number of anilines is 1. The van der Waals surface area contributed by atoms with E-state index in [0.29, 0.717) is 24.5 Å². The van der Waals surface area contributed by atoms with Gasteiger partial charge in [-0.1, -0.05) is 0 Å². The fourth-order valence-electron chi connectivity index (χ4n) is 2.71. The van der Waals surface area contributed by atoms with Gasteiger partial charge in [0.1, 0.15) is 11.9 Å². The molecule has 130 valence electrons. The van der Waals surface area contributed by atoms with E-state index in [9.17, 15) is 9.59 Å². The Bertz CT molecular complexity index is 779. The van der Waals surface area contributed by atoms with Crippen LogP contribution in [0.5, 0.6) is 5.75 Å². The molecule has 1 aliphatic rings. The number of nitrogens with one attached hydrogen (secondary N) is 1. The second-order valence-corrected chi connectivity index (χ2v) is 5.67. The molecule has 3 rings (SSSR count). The summed E-state index contributed by atoms with van der Waals surface area (Å²) in [7, 11) is 1.59. The second-order valence-electron chi connectivity index (χ2n) is 5.67. The lowest BCUT2D eigenvalue weighted by Gasteiger charge is -2.16. The maximum absolute atomic E-state index is 12.1. The number of aromatic nitrogens is 1. The van der Waals surface area contributed by atoms with E-state index in [0.717, 1.165) is 11.1 Å². The van der Waals surface area contributed by atoms with E-state index in [2.05, 4.69) is 10.3 Å². The third kappa shape index (κ3) is 3.71. The SMILES string of the molecule is COc1cc(N2CC(CNC(C)=O)OC2=O)ccc1-c1ccncc1. The highest BCUT2D eigenvalue weighted by Gasteiger charge is 2.32. The molecule has 2 heterocycles. The first-order valence-electron chi connectivity index (χ1n) is 7.89. The molecule has 0 aliphatic carbocycles. The van der Waals surface area contributed by atoms with Crippen LogP contribution in [0.15, 0.2) is 42.7 Å². The van der Waals surface area contributed by atoms with E-state index >= 15 is 0 Å². The van der Waals surface area contributed by atoms with Crippen LogP contribution in [0.4, 0.5) is 10.5 Å². The summed E-state index contributed by atoms with van der Waals surface area (Å²) in [5.41, 5.74) is 2.58. The summed E-state index contributed by atoms with van der Waals surface area (Å²) in [6.07, 6.45) is 2.62. The molecule has 0 saturated carbocycles. The quantitative estimate of drug-likeness (QED) is 0.902. The first kappa shape index (κ1) is 16.8. The van der Waals surface area contributed by atoms with Crippen LogP contribution in [0.1, 0.15) is 6.92 Å². The van der Waals surface area contributed by atoms with Crippen molar-refractivity contribution in [1.29, 1.82) is 0 Å². The smallest absolute Gasteiger partial charge is 0.414 e. The molecule has 0 bridgehead atoms. The summed E-state index contributed by atoms with van der Waals surface area (Å²) in [4.78, 5) is 28.7. The van der Waals surface area contributed by atoms with Crippen molar-refractivity contribution in [1.82, 2.24) is 10.3 Å². The number of hydrogen-bond acceptors (Lipinski definition) is 5. The Morgan fingerprint density at radius 2 is 2.12 bits per heavy atom. The minimum absolute atomic E-state index is 0.155. The predicted molar refractivity (Wildman–Crippen MR) is 92.5 cm³/mol. The second kappa shape index (κ2) is 7.21. The maximum atomic E-state index is 12.1. The van der Waals surface area contributed by atoms with Crippen molar-refractivity contribution in [3.8, 4) is 16.9 Å². The summed E-state index contributed by atoms with van der Waals surface area (Å²) in [5.74, 6) is 0.500. The van der Waals surface area contributed by atoms with Gasteiger partial charge in [0, 0.05) is 30.9 Å². The highest BCUT2D eigenvalue weighted by atomic mass is 16.6. The molecule has 2 aromatic rings. The molecular weight excluding hydrogens is 322 g/mol. The van der Waals surface area contributed by atoms with Gasteiger partial charge in [-0.25, -0.2) is 4.79 Å². The van der Waals surface area contributed by atoms with Crippen molar-refractivity contribution >= 4 is 17.7 Å². The van der Waals surface area contributed by atoms with E-state index in [1.165, 1.54) is 11.8 Å². The molecule has 1 saturated heterocycles. The summed E-state index contributed by atoms with van der Waals surface area (Å²) in [5, 5.41) is 2.66. The Hall–Kier alpha value is -3.09. The lowest BCUT2D eigenvalue weighted by Crippen LogP contribution is -2.33. The zero-order valence-corrected chi connectivity index (χ0v) is 14.1. The largest absolute Gasteiger partial charge is 0.496 e. The fraction of sp³-hybridized carbons (Fsp3) is 0.278. The number of rotatable bonds is 5. The van der Waals surface area contributed by atoms with Gasteiger partial charge < -0.3 is 14.8 Å². The van der Waals surface area contributed by atoms with Gasteiger partial charge in [-0.15, -0.1) is 0 Å². The number of nitrogens with zero attached hydrogens (tertiary/aromatic N) is 2. The topological polar surface area (TPSA) is 80.8 Å². The summed E-state index contributed by atoms with van der Waals surface area (Å²) < 4.78 is 10.8. The Balaban J connectivity index is 1.81. The number of benzene rings is 1. The van der Waals surface area contributed by atoms with E-state index in [4.69, 9.17) is 9.47 Å². The van der Waals surface area contributed by atoms with Crippen LogP contribution in [-0.2, 0) is 9.53 Å². The molecule has 1 unspecified atom stereocenters. The van der Waals surface area contributed by atoms with Crippen LogP contribution in [0.3, 0.4) is 0 Å². The number of methoxy groups -OCH3 is 1. The fourth-order valence-corrected chi connectivity index (χ4v) is 2.71. The molecule has 1 aliphatic heterocycles. The first-order chi connectivity index (χ1) is 12.1. The summed E-state index contributed by atoms with van der Waals surface area (Å²) >= 11 is 0. The average molecular weight is 341 g/mol. The van der Waals surface area contributed by atoms with E-state index in [1.54, 1.807) is 25.6 Å². The minimum atomic E-state index is -0.436. The summed E-state index contributed by atoms with van der Waals surface area (Å²) in [6.45, 7) is 2.10. The highest BCUT2D eigenvalue weighted by molar-refractivity contribution is 5.91. The Labute approximate surface area is 145 Å². The number of carbonyl (C=O) groups is 2. The van der Waals surface area contributed by atoms with E-state index in [-0.39, 0.29) is 12.0 Å². The molecule has 1 fully saturated rings. The van der Waals surface area contributed by atoms with Crippen LogP contribution in [0.25, 0.3) is 11.1 Å². The van der Waals surface area contributed by atoms with Gasteiger partial charge >= 0.3 is 6.09 Å². The van der Waals surface area contributed by atoms with Gasteiger partial charge in [0.25, 0.3) is 0 Å². The number of cyclic esters (lactones) is 1. The highest BCUT2D eigenvalue weighted by Crippen LogP contribution is 2.34. The monoisotopic (exact) mass is 341 g/mol. The van der Waals surface area contributed by atoms with E-state index < -0.39 is 6.09 Å². The van der Waals surface area contributed by atoms with Crippen molar-refractivity contribution in [2.45, 2.75) is 13.0 Å². The zero-order valence-electron chi connectivity index (χ0n) is 14.1. The van der Waals surface area contributed by atoms with Crippen LogP contribution in [-0.4, -0.2) is 43.3 Å². The molecule has 25 heavy (non-hydrogen) atoms. The number of amides is 2. The average Bonchev–Trinajstić information content (AvgIpc) is 3.01. The molecule has 1 N–H and O–H groups in total. The zero-order chi connectivity index (χ0) is 17.8. The molecule has 1 aromatic heterocycles. The van der Waals surface area contributed by atoms with Gasteiger partial charge in [0.15, 0.2) is 0 Å². The molecule has 2 amide bonds. The first-order valence-corrected chi connectivity index (χ1v) is 7.89. The maximum Gasteiger partial charge on any atom is 0.414 e. The third-order valence-electron chi connectivity index (χ3n) is 3.94. The van der Waals surface area contributed by atoms with Crippen molar-refractivity contribution < 1.29 is 19.1 Å². The molecule has 1 atom stereocenters. The van der Waals surface area contributed by atoms with Crippen LogP contribution < -0.4 is 15.0 Å². The van der Waals surface area contributed by atoms with Crippen molar-refractivity contribution in [3.05, 3.63) is 42.7 Å². The van der Waals surface area contributed by atoms with Gasteiger partial charge in [-0.05, 0) is 29.8 Å². The molecule has 7 nitrogen and oxygen atoms in total. The van der Waals surface area contributed by atoms with E-state index in [1.807, 2.05) is 24.3 Å². The number of pyridine rings is 1. The molecule has 7 heteroatoms. The van der Waals surface area contributed by atoms with Crippen LogP contribution in [0.2, 0.25) is 0 Å². The number of ether oxygens (including phenoxy) is 2. The minimum Gasteiger partial charge on any atom is -0.496 e. The lowest BCUT2D eigenvalue weighted by atomic mass is 10.1. The molecule has 0 radical (unpaired) electrons. The standard InChI is InChI=1S/C18H19N3O4/c1-12(22)20-10-15-11-21(18(23)25-15)14-3-4-16(17(9-14)24-2)13-5-7-19-8-6-13/h3-9,15H,10-11H2,1-2H3,(H,20,22). The van der Waals surface area contributed by atoms with Gasteiger partial charge in [0.05, 0.1) is 25.9 Å². The summed E-state index contributed by atoms with van der Waals surface area (Å²) in [6, 6.07) is 9.34. The Morgan fingerprint density at radius 1 is 1.36 bits per heavy atom. The predicted octanol–water partition coefficient (Wildman–Crippen LogP) is 2.22. The Morgan fingerprint density at radius 3 is 2.80 bits per heavy atom. The lowest BCUT2D eigenvalue weighted by molar-refractivity contribution is -0.119. The van der Waals surface area contributed by atoms with Crippen molar-refractivity contribution in [3.63, 3.8) is 0 Å². The number of carbonyl (C=O) groups excluding carboxylic acids is 2. The molecular formula is C18H19N3O4. The van der Waals surface area contributed by atoms with Crippen LogP contribution in [0, 0.1) is 0 Å². The van der Waals surface area contributed by atoms with Crippen LogP contribution >= 0.6 is 0 Å². The van der Waals surface area contributed by atoms with Gasteiger partial charge in [-0.3, -0.25) is 14.7 Å². The normalized spacial score (nSPS) is 16.5. The van der Waals surface area contributed by atoms with Gasteiger partial charge in [0.2, 0.25) is 5.91 Å². The Kier molecular flexibility index (Phi) is 4.83.